The van der Waals surface area contributed by atoms with Crippen molar-refractivity contribution in [3.8, 4) is 5.75 Å². The summed E-state index contributed by atoms with van der Waals surface area (Å²) < 4.78 is 10.9. The Kier molecular flexibility index (Phi) is 6.39. The van der Waals surface area contributed by atoms with Gasteiger partial charge in [0.2, 0.25) is 5.91 Å². The van der Waals surface area contributed by atoms with Gasteiger partial charge in [-0.1, -0.05) is 30.3 Å². The van der Waals surface area contributed by atoms with Gasteiger partial charge in [0, 0.05) is 42.9 Å². The number of fused-ring (bicyclic) bond motifs is 1. The minimum absolute atomic E-state index is 0.0689. The molecule has 1 N–H and O–H groups in total. The second-order valence-corrected chi connectivity index (χ2v) is 8.55. The van der Waals surface area contributed by atoms with Gasteiger partial charge in [-0.05, 0) is 54.1 Å². The van der Waals surface area contributed by atoms with E-state index in [1.807, 2.05) is 83.8 Å². The Labute approximate surface area is 203 Å². The van der Waals surface area contributed by atoms with Gasteiger partial charge in [-0.2, -0.15) is 0 Å². The van der Waals surface area contributed by atoms with E-state index in [1.54, 1.807) is 7.11 Å². The number of ether oxygens (including phenoxy) is 1. The van der Waals surface area contributed by atoms with Crippen molar-refractivity contribution < 1.29 is 18.7 Å². The van der Waals surface area contributed by atoms with E-state index in [4.69, 9.17) is 9.15 Å². The molecule has 0 saturated carbocycles. The number of benzene rings is 3. The summed E-state index contributed by atoms with van der Waals surface area (Å²) in [7, 11) is 1.62. The van der Waals surface area contributed by atoms with Crippen LogP contribution in [-0.2, 0) is 11.2 Å². The Balaban J connectivity index is 1.13. The van der Waals surface area contributed by atoms with E-state index in [0.29, 0.717) is 25.3 Å². The number of hydrogen-bond acceptors (Lipinski definition) is 5. The predicted molar refractivity (Wildman–Crippen MR) is 136 cm³/mol. The molecule has 0 unspecified atom stereocenters. The van der Waals surface area contributed by atoms with Gasteiger partial charge in [0.15, 0.2) is 5.76 Å². The second-order valence-electron chi connectivity index (χ2n) is 8.55. The molecule has 1 fully saturated rings. The number of carbonyl (C=O) groups excluding carboxylic acids is 2. The van der Waals surface area contributed by atoms with Gasteiger partial charge in [0.1, 0.15) is 11.3 Å². The summed E-state index contributed by atoms with van der Waals surface area (Å²) in [5.74, 6) is 1.01. The van der Waals surface area contributed by atoms with Crippen LogP contribution in [0.3, 0.4) is 0 Å². The smallest absolute Gasteiger partial charge is 0.289 e. The number of methoxy groups -OCH3 is 1. The van der Waals surface area contributed by atoms with Crippen LogP contribution in [0.2, 0.25) is 0 Å². The molecular formula is C28H27N3O4. The molecule has 2 heterocycles. The summed E-state index contributed by atoms with van der Waals surface area (Å²) >= 11 is 0. The van der Waals surface area contributed by atoms with E-state index < -0.39 is 0 Å². The number of carbonyl (C=O) groups is 2. The first kappa shape index (κ1) is 22.5. The lowest BCUT2D eigenvalue weighted by atomic mass is 10.1. The zero-order chi connectivity index (χ0) is 24.2. The van der Waals surface area contributed by atoms with Crippen molar-refractivity contribution in [2.45, 2.75) is 6.42 Å². The Morgan fingerprint density at radius 3 is 2.31 bits per heavy atom. The van der Waals surface area contributed by atoms with Crippen molar-refractivity contribution in [2.75, 3.05) is 43.5 Å². The molecule has 0 radical (unpaired) electrons. The minimum atomic E-state index is -0.0734. The number of nitrogens with one attached hydrogen (secondary N) is 1. The summed E-state index contributed by atoms with van der Waals surface area (Å²) in [6, 6.07) is 24.8. The SMILES string of the molecule is COc1ccc(CC(=O)Nc2ccc(N3CCN(C(=O)c4cc5ccccc5o4)CC3)cc2)cc1. The highest BCUT2D eigenvalue weighted by molar-refractivity contribution is 5.96. The number of hydrogen-bond donors (Lipinski definition) is 1. The summed E-state index contributed by atoms with van der Waals surface area (Å²) in [6.07, 6.45) is 0.299. The van der Waals surface area contributed by atoms with Crippen LogP contribution in [0.5, 0.6) is 5.75 Å². The molecule has 7 nitrogen and oxygen atoms in total. The van der Waals surface area contributed by atoms with Crippen LogP contribution in [0.4, 0.5) is 11.4 Å². The lowest BCUT2D eigenvalue weighted by Crippen LogP contribution is -2.48. The number of para-hydroxylation sites is 1. The Morgan fingerprint density at radius 1 is 0.914 bits per heavy atom. The monoisotopic (exact) mass is 469 g/mol. The molecule has 1 aliphatic rings. The third-order valence-corrected chi connectivity index (χ3v) is 6.24. The van der Waals surface area contributed by atoms with Crippen LogP contribution in [-0.4, -0.2) is 50.0 Å². The number of piperazine rings is 1. The quantitative estimate of drug-likeness (QED) is 0.447. The van der Waals surface area contributed by atoms with E-state index in [-0.39, 0.29) is 11.8 Å². The molecule has 0 aliphatic carbocycles. The largest absolute Gasteiger partial charge is 0.497 e. The third kappa shape index (κ3) is 5.14. The lowest BCUT2D eigenvalue weighted by Gasteiger charge is -2.35. The van der Waals surface area contributed by atoms with Crippen LogP contribution < -0.4 is 15.0 Å². The van der Waals surface area contributed by atoms with Gasteiger partial charge in [-0.15, -0.1) is 0 Å². The van der Waals surface area contributed by atoms with Crippen molar-refractivity contribution in [3.63, 3.8) is 0 Å². The van der Waals surface area contributed by atoms with Crippen molar-refractivity contribution in [1.82, 2.24) is 4.90 Å². The van der Waals surface area contributed by atoms with Crippen LogP contribution in [0.15, 0.2) is 83.3 Å². The Bertz CT molecular complexity index is 1290. The maximum Gasteiger partial charge on any atom is 0.289 e. The van der Waals surface area contributed by atoms with Gasteiger partial charge in [0.25, 0.3) is 5.91 Å². The van der Waals surface area contributed by atoms with Crippen molar-refractivity contribution >= 4 is 34.2 Å². The minimum Gasteiger partial charge on any atom is -0.497 e. The van der Waals surface area contributed by atoms with Gasteiger partial charge >= 0.3 is 0 Å². The van der Waals surface area contributed by atoms with Crippen LogP contribution in [0, 0.1) is 0 Å². The maximum absolute atomic E-state index is 12.9. The van der Waals surface area contributed by atoms with Crippen LogP contribution in [0.25, 0.3) is 11.0 Å². The molecule has 0 spiro atoms. The molecule has 7 heteroatoms. The highest BCUT2D eigenvalue weighted by atomic mass is 16.5. The first-order valence-electron chi connectivity index (χ1n) is 11.6. The van der Waals surface area contributed by atoms with Gasteiger partial charge in [-0.25, -0.2) is 0 Å². The van der Waals surface area contributed by atoms with E-state index in [2.05, 4.69) is 10.2 Å². The molecule has 2 amide bonds. The molecule has 0 bridgehead atoms. The fourth-order valence-corrected chi connectivity index (χ4v) is 4.30. The van der Waals surface area contributed by atoms with Crippen molar-refractivity contribution in [2.24, 2.45) is 0 Å². The molecule has 3 aromatic carbocycles. The summed E-state index contributed by atoms with van der Waals surface area (Å²) in [5, 5.41) is 3.88. The number of nitrogens with zero attached hydrogens (tertiary/aromatic N) is 2. The molecule has 0 atom stereocenters. The fraction of sp³-hybridized carbons (Fsp3) is 0.214. The average Bonchev–Trinajstić information content (AvgIpc) is 3.34. The summed E-state index contributed by atoms with van der Waals surface area (Å²) in [5.41, 5.74) is 3.47. The maximum atomic E-state index is 12.9. The van der Waals surface area contributed by atoms with Crippen LogP contribution in [0.1, 0.15) is 16.1 Å². The fourth-order valence-electron chi connectivity index (χ4n) is 4.30. The summed E-state index contributed by atoms with van der Waals surface area (Å²) in [6.45, 7) is 2.71. The molecule has 1 aromatic heterocycles. The second kappa shape index (κ2) is 9.93. The van der Waals surface area contributed by atoms with Gasteiger partial charge < -0.3 is 24.3 Å². The predicted octanol–water partition coefficient (Wildman–Crippen LogP) is 4.59. The topological polar surface area (TPSA) is 75.0 Å². The number of furan rings is 1. The zero-order valence-corrected chi connectivity index (χ0v) is 19.6. The first-order chi connectivity index (χ1) is 17.1. The van der Waals surface area contributed by atoms with E-state index in [0.717, 1.165) is 46.7 Å². The lowest BCUT2D eigenvalue weighted by molar-refractivity contribution is -0.115. The molecule has 4 aromatic rings. The normalized spacial score (nSPS) is 13.6. The van der Waals surface area contributed by atoms with Crippen LogP contribution >= 0.6 is 0 Å². The number of rotatable bonds is 6. The molecule has 35 heavy (non-hydrogen) atoms. The highest BCUT2D eigenvalue weighted by Crippen LogP contribution is 2.23. The van der Waals surface area contributed by atoms with Gasteiger partial charge in [0.05, 0.1) is 13.5 Å². The van der Waals surface area contributed by atoms with E-state index >= 15 is 0 Å². The summed E-state index contributed by atoms with van der Waals surface area (Å²) in [4.78, 5) is 29.4. The van der Waals surface area contributed by atoms with Crippen molar-refractivity contribution in [1.29, 1.82) is 0 Å². The Hall–Kier alpha value is -4.26. The third-order valence-electron chi connectivity index (χ3n) is 6.24. The first-order valence-corrected chi connectivity index (χ1v) is 11.6. The average molecular weight is 470 g/mol. The molecule has 178 valence electrons. The Morgan fingerprint density at radius 2 is 1.63 bits per heavy atom. The number of amides is 2. The molecular weight excluding hydrogens is 442 g/mol. The van der Waals surface area contributed by atoms with Gasteiger partial charge in [-0.3, -0.25) is 9.59 Å². The van der Waals surface area contributed by atoms with Crippen molar-refractivity contribution in [3.05, 3.63) is 90.2 Å². The zero-order valence-electron chi connectivity index (χ0n) is 19.6. The highest BCUT2D eigenvalue weighted by Gasteiger charge is 2.24. The standard InChI is InChI=1S/C28H27N3O4/c1-34-24-12-6-20(7-13-24)18-27(32)29-22-8-10-23(11-9-22)30-14-16-31(17-15-30)28(33)26-19-21-4-2-3-5-25(21)35-26/h2-13,19H,14-18H2,1H3,(H,29,32). The van der Waals surface area contributed by atoms with E-state index in [9.17, 15) is 9.59 Å². The molecule has 5 rings (SSSR count). The molecule has 1 aliphatic heterocycles. The van der Waals surface area contributed by atoms with E-state index in [1.165, 1.54) is 0 Å². The molecule has 1 saturated heterocycles. The number of anilines is 2.